The van der Waals surface area contributed by atoms with E-state index in [1.165, 1.54) is 0 Å². The van der Waals surface area contributed by atoms with E-state index in [0.717, 1.165) is 32.5 Å². The lowest BCUT2D eigenvalue weighted by Crippen LogP contribution is -2.40. The van der Waals surface area contributed by atoms with E-state index < -0.39 is 0 Å². The van der Waals surface area contributed by atoms with Crippen LogP contribution in [0.1, 0.15) is 23.2 Å². The van der Waals surface area contributed by atoms with Crippen molar-refractivity contribution in [1.29, 1.82) is 0 Å². The van der Waals surface area contributed by atoms with Crippen LogP contribution >= 0.6 is 0 Å². The van der Waals surface area contributed by atoms with E-state index in [4.69, 9.17) is 5.84 Å². The summed E-state index contributed by atoms with van der Waals surface area (Å²) in [5, 5.41) is 0. The largest absolute Gasteiger partial charge is 0.339 e. The molecule has 1 aliphatic rings. The number of hydrogen-bond donors (Lipinski definition) is 2. The maximum atomic E-state index is 12.4. The maximum absolute atomic E-state index is 12.4. The van der Waals surface area contributed by atoms with E-state index in [2.05, 4.69) is 29.4 Å². The first-order chi connectivity index (χ1) is 9.60. The van der Waals surface area contributed by atoms with Gasteiger partial charge in [-0.3, -0.25) is 4.79 Å². The molecule has 3 N–H and O–H groups in total. The summed E-state index contributed by atoms with van der Waals surface area (Å²) in [4.78, 5) is 20.6. The molecule has 0 aromatic carbocycles. The van der Waals surface area contributed by atoms with E-state index >= 15 is 0 Å². The van der Waals surface area contributed by atoms with E-state index in [9.17, 15) is 4.79 Å². The Kier molecular flexibility index (Phi) is 4.92. The van der Waals surface area contributed by atoms with Gasteiger partial charge in [0.25, 0.3) is 5.91 Å². The molecule has 0 spiro atoms. The van der Waals surface area contributed by atoms with Crippen molar-refractivity contribution < 1.29 is 4.79 Å². The second kappa shape index (κ2) is 6.67. The van der Waals surface area contributed by atoms with Crippen molar-refractivity contribution in [2.45, 2.75) is 12.8 Å². The molecule has 1 aromatic heterocycles. The van der Waals surface area contributed by atoms with Crippen LogP contribution in [-0.4, -0.2) is 54.4 Å². The maximum Gasteiger partial charge on any atom is 0.254 e. The van der Waals surface area contributed by atoms with Gasteiger partial charge in [0.2, 0.25) is 0 Å². The highest BCUT2D eigenvalue weighted by Crippen LogP contribution is 2.20. The number of pyridine rings is 1. The molecule has 1 saturated heterocycles. The fourth-order valence-electron chi connectivity index (χ4n) is 2.66. The molecule has 0 saturated carbocycles. The normalized spacial score (nSPS) is 16.5. The smallest absolute Gasteiger partial charge is 0.254 e. The number of nitrogen functional groups attached to an aromatic ring is 1. The fourth-order valence-corrected chi connectivity index (χ4v) is 2.66. The van der Waals surface area contributed by atoms with Crippen LogP contribution in [0.3, 0.4) is 0 Å². The van der Waals surface area contributed by atoms with Crippen LogP contribution in [0.4, 0.5) is 5.82 Å². The number of carbonyl (C=O) groups is 1. The van der Waals surface area contributed by atoms with Gasteiger partial charge in [-0.1, -0.05) is 0 Å². The number of carbonyl (C=O) groups excluding carboxylic acids is 1. The predicted octanol–water partition coefficient (Wildman–Crippen LogP) is 0.781. The number of likely N-dealkylation sites (tertiary alicyclic amines) is 1. The number of nitrogens with one attached hydrogen (secondary N) is 1. The number of nitrogens with zero attached hydrogens (tertiary/aromatic N) is 3. The molecule has 2 heterocycles. The molecule has 0 unspecified atom stereocenters. The first-order valence-electron chi connectivity index (χ1n) is 6.97. The minimum absolute atomic E-state index is 0.0622. The number of piperidine rings is 1. The zero-order chi connectivity index (χ0) is 14.5. The summed E-state index contributed by atoms with van der Waals surface area (Å²) in [5.74, 6) is 6.58. The Morgan fingerprint density at radius 3 is 2.80 bits per heavy atom. The van der Waals surface area contributed by atoms with Gasteiger partial charge in [0.05, 0.1) is 0 Å². The van der Waals surface area contributed by atoms with Crippen molar-refractivity contribution >= 4 is 11.7 Å². The van der Waals surface area contributed by atoms with Gasteiger partial charge in [-0.2, -0.15) is 0 Å². The van der Waals surface area contributed by atoms with Crippen molar-refractivity contribution in [2.75, 3.05) is 39.2 Å². The van der Waals surface area contributed by atoms with E-state index in [-0.39, 0.29) is 5.91 Å². The lowest BCUT2D eigenvalue weighted by atomic mass is 9.96. The minimum atomic E-state index is 0.0622. The Morgan fingerprint density at radius 1 is 1.50 bits per heavy atom. The molecular formula is C14H23N5O. The van der Waals surface area contributed by atoms with Gasteiger partial charge in [0, 0.05) is 31.4 Å². The van der Waals surface area contributed by atoms with Crippen LogP contribution in [0.2, 0.25) is 0 Å². The first-order valence-corrected chi connectivity index (χ1v) is 6.97. The molecule has 1 fully saturated rings. The van der Waals surface area contributed by atoms with Gasteiger partial charge >= 0.3 is 0 Å². The second-order valence-electron chi connectivity index (χ2n) is 5.57. The number of aromatic nitrogens is 1. The number of nitrogens with two attached hydrogens (primary N) is 1. The molecule has 1 aromatic rings. The molecule has 0 atom stereocenters. The molecule has 1 aliphatic heterocycles. The Hall–Kier alpha value is -1.66. The Labute approximate surface area is 119 Å². The Morgan fingerprint density at radius 2 is 2.20 bits per heavy atom. The summed E-state index contributed by atoms with van der Waals surface area (Å²) in [6.45, 7) is 2.74. The third kappa shape index (κ3) is 3.68. The molecule has 0 aliphatic carbocycles. The average molecular weight is 277 g/mol. The minimum Gasteiger partial charge on any atom is -0.339 e. The van der Waals surface area contributed by atoms with E-state index in [1.54, 1.807) is 18.3 Å². The van der Waals surface area contributed by atoms with Crippen molar-refractivity contribution in [1.82, 2.24) is 14.8 Å². The highest BCUT2D eigenvalue weighted by atomic mass is 16.2. The predicted molar refractivity (Wildman–Crippen MR) is 79.2 cm³/mol. The number of rotatable bonds is 4. The molecule has 1 amide bonds. The van der Waals surface area contributed by atoms with Crippen molar-refractivity contribution in [3.8, 4) is 0 Å². The van der Waals surface area contributed by atoms with Crippen molar-refractivity contribution in [2.24, 2.45) is 11.8 Å². The molecular weight excluding hydrogens is 254 g/mol. The third-order valence-corrected chi connectivity index (χ3v) is 3.68. The highest BCUT2D eigenvalue weighted by molar-refractivity contribution is 5.94. The molecule has 6 nitrogen and oxygen atoms in total. The van der Waals surface area contributed by atoms with Gasteiger partial charge in [-0.25, -0.2) is 10.8 Å². The molecule has 0 radical (unpaired) electrons. The third-order valence-electron chi connectivity index (χ3n) is 3.68. The number of amides is 1. The lowest BCUT2D eigenvalue weighted by Gasteiger charge is -2.33. The van der Waals surface area contributed by atoms with Crippen LogP contribution in [-0.2, 0) is 0 Å². The average Bonchev–Trinajstić information content (AvgIpc) is 2.47. The van der Waals surface area contributed by atoms with Gasteiger partial charge in [0.1, 0.15) is 5.82 Å². The molecule has 0 bridgehead atoms. The van der Waals surface area contributed by atoms with Gasteiger partial charge in [-0.05, 0) is 45.0 Å². The fraction of sp³-hybridized carbons (Fsp3) is 0.571. The number of hydrogen-bond acceptors (Lipinski definition) is 5. The van der Waals surface area contributed by atoms with Crippen LogP contribution < -0.4 is 11.3 Å². The topological polar surface area (TPSA) is 74.5 Å². The van der Waals surface area contributed by atoms with Gasteiger partial charge < -0.3 is 15.2 Å². The van der Waals surface area contributed by atoms with Gasteiger partial charge in [0.15, 0.2) is 0 Å². The van der Waals surface area contributed by atoms with Crippen LogP contribution in [0.15, 0.2) is 18.3 Å². The van der Waals surface area contributed by atoms with Gasteiger partial charge in [-0.15, -0.1) is 0 Å². The standard InChI is InChI=1S/C14H23N5O/c1-18(2)10-11-4-7-19(8-5-11)14(20)12-3-6-16-13(9-12)17-15/h3,6,9,11H,4-5,7-8,10,15H2,1-2H3,(H,16,17). The lowest BCUT2D eigenvalue weighted by molar-refractivity contribution is 0.0678. The van der Waals surface area contributed by atoms with E-state index in [1.807, 2.05) is 4.90 Å². The Balaban J connectivity index is 1.94. The summed E-state index contributed by atoms with van der Waals surface area (Å²) < 4.78 is 0. The van der Waals surface area contributed by atoms with Crippen LogP contribution in [0.25, 0.3) is 0 Å². The number of anilines is 1. The summed E-state index contributed by atoms with van der Waals surface area (Å²) in [6.07, 6.45) is 3.73. The monoisotopic (exact) mass is 277 g/mol. The SMILES string of the molecule is CN(C)CC1CCN(C(=O)c2ccnc(NN)c2)CC1. The van der Waals surface area contributed by atoms with Crippen LogP contribution in [0, 0.1) is 5.92 Å². The zero-order valence-corrected chi connectivity index (χ0v) is 12.2. The summed E-state index contributed by atoms with van der Waals surface area (Å²) in [7, 11) is 4.19. The zero-order valence-electron chi connectivity index (χ0n) is 12.2. The molecule has 2 rings (SSSR count). The molecule has 20 heavy (non-hydrogen) atoms. The van der Waals surface area contributed by atoms with Crippen molar-refractivity contribution in [3.63, 3.8) is 0 Å². The molecule has 110 valence electrons. The second-order valence-corrected chi connectivity index (χ2v) is 5.57. The Bertz CT molecular complexity index is 455. The highest BCUT2D eigenvalue weighted by Gasteiger charge is 2.24. The number of hydrazine groups is 1. The summed E-state index contributed by atoms with van der Waals surface area (Å²) in [5.41, 5.74) is 3.10. The van der Waals surface area contributed by atoms with Crippen LogP contribution in [0.5, 0.6) is 0 Å². The quantitative estimate of drug-likeness (QED) is 0.628. The van der Waals surface area contributed by atoms with Crippen molar-refractivity contribution in [3.05, 3.63) is 23.9 Å². The molecule has 6 heteroatoms. The van der Waals surface area contributed by atoms with E-state index in [0.29, 0.717) is 17.3 Å². The summed E-state index contributed by atoms with van der Waals surface area (Å²) in [6, 6.07) is 3.42. The summed E-state index contributed by atoms with van der Waals surface area (Å²) >= 11 is 0. The first kappa shape index (κ1) is 14.7.